The number of aromatic hydroxyl groups is 2. The first-order chi connectivity index (χ1) is 27.7. The van der Waals surface area contributed by atoms with Crippen molar-refractivity contribution in [1.82, 2.24) is 0 Å². The van der Waals surface area contributed by atoms with E-state index in [1.54, 1.807) is 48.5 Å². The van der Waals surface area contributed by atoms with Crippen molar-refractivity contribution in [2.24, 2.45) is 9.98 Å². The average Bonchev–Trinajstić information content (AvgIpc) is 3.22. The molecule has 4 rings (SSSR count). The van der Waals surface area contributed by atoms with Gasteiger partial charge in [0.15, 0.2) is 0 Å². The van der Waals surface area contributed by atoms with Crippen LogP contribution in [0.1, 0.15) is 130 Å². The van der Waals surface area contributed by atoms with E-state index in [1.807, 2.05) is 6.92 Å². The Kier molecular flexibility index (Phi) is 19.2. The molecular weight excluding hydrogens is 721 g/mol. The Bertz CT molecular complexity index is 1870. The molecule has 0 unspecified atom stereocenters. The molecule has 304 valence electrons. The van der Waals surface area contributed by atoms with Gasteiger partial charge in [-0.3, -0.25) is 9.98 Å². The Hall–Kier alpha value is -5.64. The largest absolute Gasteiger partial charge is 0.507 e. The summed E-state index contributed by atoms with van der Waals surface area (Å²) < 4.78 is 22.8. The number of nitrogens with zero attached hydrogens (tertiary/aromatic N) is 2. The second-order valence-electron chi connectivity index (χ2n) is 14.1. The number of rotatable bonds is 25. The zero-order valence-electron chi connectivity index (χ0n) is 33.7. The fourth-order valence-electron chi connectivity index (χ4n) is 5.81. The van der Waals surface area contributed by atoms with Crippen LogP contribution in [0.2, 0.25) is 0 Å². The van der Waals surface area contributed by atoms with Crippen molar-refractivity contribution in [1.29, 1.82) is 0 Å². The van der Waals surface area contributed by atoms with Crippen LogP contribution in [0.15, 0.2) is 94.9 Å². The lowest BCUT2D eigenvalue weighted by Gasteiger charge is -2.09. The van der Waals surface area contributed by atoms with Gasteiger partial charge in [-0.25, -0.2) is 9.59 Å². The first-order valence-corrected chi connectivity index (χ1v) is 20.3. The van der Waals surface area contributed by atoms with Crippen molar-refractivity contribution in [3.8, 4) is 34.5 Å². The van der Waals surface area contributed by atoms with Crippen LogP contribution in [0, 0.1) is 0 Å². The lowest BCUT2D eigenvalue weighted by molar-refractivity contribution is 0.0725. The maximum atomic E-state index is 12.8. The van der Waals surface area contributed by atoms with E-state index in [2.05, 4.69) is 23.8 Å². The molecular formula is C47H58N2O8. The summed E-state index contributed by atoms with van der Waals surface area (Å²) in [5.41, 5.74) is 1.50. The van der Waals surface area contributed by atoms with Gasteiger partial charge in [0, 0.05) is 23.6 Å². The zero-order chi connectivity index (χ0) is 40.7. The van der Waals surface area contributed by atoms with Crippen LogP contribution in [0.25, 0.3) is 0 Å². The minimum atomic E-state index is -0.533. The third kappa shape index (κ3) is 16.2. The molecule has 4 aromatic carbocycles. The van der Waals surface area contributed by atoms with E-state index in [4.69, 9.17) is 18.9 Å². The smallest absolute Gasteiger partial charge is 0.343 e. The first-order valence-electron chi connectivity index (χ1n) is 20.3. The van der Waals surface area contributed by atoms with Crippen LogP contribution in [0.3, 0.4) is 0 Å². The molecule has 0 amide bonds. The van der Waals surface area contributed by atoms with Crippen molar-refractivity contribution in [3.63, 3.8) is 0 Å². The van der Waals surface area contributed by atoms with Crippen LogP contribution in [0.5, 0.6) is 34.5 Å². The average molecular weight is 779 g/mol. The van der Waals surface area contributed by atoms with E-state index in [0.717, 1.165) is 25.7 Å². The molecule has 10 heteroatoms. The molecule has 0 aromatic heterocycles. The van der Waals surface area contributed by atoms with Crippen LogP contribution < -0.4 is 18.9 Å². The van der Waals surface area contributed by atoms with E-state index in [-0.39, 0.29) is 35.6 Å². The Balaban J connectivity index is 1.22. The van der Waals surface area contributed by atoms with Gasteiger partial charge in [-0.1, -0.05) is 78.1 Å². The second kappa shape index (κ2) is 24.8. The molecule has 0 spiro atoms. The maximum Gasteiger partial charge on any atom is 0.343 e. The van der Waals surface area contributed by atoms with Crippen molar-refractivity contribution in [3.05, 3.63) is 107 Å². The van der Waals surface area contributed by atoms with E-state index < -0.39 is 11.9 Å². The minimum absolute atomic E-state index is 0.0226. The molecule has 1 atom stereocenters. The fraction of sp³-hybridized carbons (Fsp3) is 0.404. The summed E-state index contributed by atoms with van der Waals surface area (Å²) in [5, 5.41) is 20.8. The second-order valence-corrected chi connectivity index (χ2v) is 14.1. The van der Waals surface area contributed by atoms with Gasteiger partial charge in [-0.05, 0) is 105 Å². The summed E-state index contributed by atoms with van der Waals surface area (Å²) in [7, 11) is 0. The first kappa shape index (κ1) is 44.1. The quantitative estimate of drug-likeness (QED) is 0.0294. The number of esters is 2. The van der Waals surface area contributed by atoms with Crippen LogP contribution in [0.4, 0.5) is 0 Å². The lowest BCUT2D eigenvalue weighted by Crippen LogP contribution is -2.09. The summed E-state index contributed by atoms with van der Waals surface area (Å²) in [5.74, 6) is 0.813. The van der Waals surface area contributed by atoms with E-state index in [0.29, 0.717) is 47.0 Å². The van der Waals surface area contributed by atoms with Crippen molar-refractivity contribution < 1.29 is 38.7 Å². The van der Waals surface area contributed by atoms with Gasteiger partial charge in [0.1, 0.15) is 34.5 Å². The Morgan fingerprint density at radius 1 is 0.561 bits per heavy atom. The molecule has 0 aliphatic carbocycles. The molecule has 0 fully saturated rings. The Labute approximate surface area is 337 Å². The normalized spacial score (nSPS) is 11.8. The number of phenols is 2. The lowest BCUT2D eigenvalue weighted by atomic mass is 10.1. The van der Waals surface area contributed by atoms with Crippen LogP contribution in [-0.2, 0) is 0 Å². The highest BCUT2D eigenvalue weighted by Crippen LogP contribution is 2.25. The van der Waals surface area contributed by atoms with Gasteiger partial charge >= 0.3 is 11.9 Å². The number of unbranched alkanes of at least 4 members (excludes halogenated alkanes) is 10. The number of hydrogen-bond acceptors (Lipinski definition) is 10. The molecule has 0 saturated carbocycles. The van der Waals surface area contributed by atoms with E-state index in [1.165, 1.54) is 100 Å². The molecule has 0 aliphatic heterocycles. The van der Waals surface area contributed by atoms with Gasteiger partial charge in [0.25, 0.3) is 0 Å². The predicted molar refractivity (Wildman–Crippen MR) is 226 cm³/mol. The number of carbonyl (C=O) groups excluding carboxylic acids is 2. The Morgan fingerprint density at radius 3 is 1.42 bits per heavy atom. The highest BCUT2D eigenvalue weighted by atomic mass is 16.5. The molecule has 0 aliphatic rings. The molecule has 0 radical (unpaired) electrons. The van der Waals surface area contributed by atoms with Gasteiger partial charge in [-0.2, -0.15) is 0 Å². The number of carbonyl (C=O) groups is 2. The minimum Gasteiger partial charge on any atom is -0.507 e. The fourth-order valence-corrected chi connectivity index (χ4v) is 5.81. The summed E-state index contributed by atoms with van der Waals surface area (Å²) in [6.45, 7) is 7.80. The summed E-state index contributed by atoms with van der Waals surface area (Å²) >= 11 is 0. The third-order valence-electron chi connectivity index (χ3n) is 9.20. The van der Waals surface area contributed by atoms with Crippen molar-refractivity contribution >= 4 is 24.4 Å². The van der Waals surface area contributed by atoms with Crippen LogP contribution >= 0.6 is 0 Å². The van der Waals surface area contributed by atoms with Crippen molar-refractivity contribution in [2.75, 3.05) is 19.8 Å². The molecule has 0 saturated heterocycles. The SMILES string of the molecule is CCCCCCCCOc1ccc(C(=O)Oc2ccc(O)c(C=NC[C@@H](C)N=Cc3cc(OC(=O)c4ccc(OCCCCCCCC)cc4)ccc3O)c2)cc1. The van der Waals surface area contributed by atoms with Gasteiger partial charge in [-0.15, -0.1) is 0 Å². The van der Waals surface area contributed by atoms with Crippen molar-refractivity contribution in [2.45, 2.75) is 104 Å². The van der Waals surface area contributed by atoms with E-state index >= 15 is 0 Å². The number of benzene rings is 4. The molecule has 4 aromatic rings. The number of hydrogen-bond donors (Lipinski definition) is 2. The number of ether oxygens (including phenoxy) is 4. The molecule has 0 heterocycles. The van der Waals surface area contributed by atoms with Gasteiger partial charge in [0.05, 0.1) is 36.9 Å². The summed E-state index contributed by atoms with van der Waals surface area (Å²) in [6, 6.07) is 22.4. The topological polar surface area (TPSA) is 136 Å². The monoisotopic (exact) mass is 778 g/mol. The van der Waals surface area contributed by atoms with Gasteiger partial charge < -0.3 is 29.2 Å². The number of phenolic OH excluding ortho intramolecular Hbond substituents is 2. The van der Waals surface area contributed by atoms with Gasteiger partial charge in [0.2, 0.25) is 0 Å². The van der Waals surface area contributed by atoms with E-state index in [9.17, 15) is 19.8 Å². The standard InChI is InChI=1S/C47H58N2O8/c1-4-6-8-10-12-14-28-54-40-20-16-36(17-21-40)46(52)56-42-24-26-44(50)38(30-42)33-48-32-35(3)49-34-39-31-43(25-27-45(39)51)57-47(53)37-18-22-41(23-19-37)55-29-15-13-11-9-7-5-2/h16-27,30-31,33-35,50-51H,4-15,28-29,32H2,1-3H3/t35-/m1/s1. The molecule has 10 nitrogen and oxygen atoms in total. The summed E-state index contributed by atoms with van der Waals surface area (Å²) in [6.07, 6.45) is 17.2. The predicted octanol–water partition coefficient (Wildman–Crippen LogP) is 10.9. The highest BCUT2D eigenvalue weighted by molar-refractivity contribution is 5.92. The summed E-state index contributed by atoms with van der Waals surface area (Å²) in [4.78, 5) is 34.5. The zero-order valence-corrected chi connectivity index (χ0v) is 33.7. The number of aliphatic imine (C=N–C) groups is 2. The Morgan fingerprint density at radius 2 is 0.965 bits per heavy atom. The highest BCUT2D eigenvalue weighted by Gasteiger charge is 2.13. The van der Waals surface area contributed by atoms with Crippen LogP contribution in [-0.4, -0.2) is 60.4 Å². The third-order valence-corrected chi connectivity index (χ3v) is 9.20. The molecule has 57 heavy (non-hydrogen) atoms. The molecule has 2 N–H and O–H groups in total. The molecule has 0 bridgehead atoms. The maximum absolute atomic E-state index is 12.8.